The quantitative estimate of drug-likeness (QED) is 0.819. The van der Waals surface area contributed by atoms with E-state index in [-0.39, 0.29) is 0 Å². The third-order valence-corrected chi connectivity index (χ3v) is 2.27. The number of hydrogen-bond donors (Lipinski definition) is 2. The Balaban J connectivity index is 2.88. The molecule has 116 valence electrons. The van der Waals surface area contributed by atoms with Crippen LogP contribution in [0.15, 0.2) is 18.2 Å². The number of aliphatic carboxylic acids is 1. The Hall–Kier alpha value is -2.32. The van der Waals surface area contributed by atoms with Crippen molar-refractivity contribution in [1.29, 1.82) is 0 Å². The van der Waals surface area contributed by atoms with Crippen LogP contribution in [0.4, 0.5) is 17.6 Å². The number of alkyl halides is 3. The molecule has 21 heavy (non-hydrogen) atoms. The number of nitrogens with one attached hydrogen (secondary N) is 1. The van der Waals surface area contributed by atoms with E-state index in [0.717, 1.165) is 6.07 Å². The molecule has 1 rings (SSSR count). The van der Waals surface area contributed by atoms with Crippen LogP contribution in [-0.2, 0) is 4.79 Å². The molecule has 1 amide bonds. The Morgan fingerprint density at radius 2 is 2.00 bits per heavy atom. The zero-order valence-electron chi connectivity index (χ0n) is 10.7. The van der Waals surface area contributed by atoms with E-state index in [1.807, 2.05) is 0 Å². The number of amides is 1. The van der Waals surface area contributed by atoms with Gasteiger partial charge in [-0.2, -0.15) is 0 Å². The molecule has 1 aromatic carbocycles. The first kappa shape index (κ1) is 16.7. The highest BCUT2D eigenvalue weighted by Crippen LogP contribution is 2.24. The molecule has 0 saturated heterocycles. The van der Waals surface area contributed by atoms with Crippen LogP contribution in [0, 0.1) is 5.82 Å². The summed E-state index contributed by atoms with van der Waals surface area (Å²) >= 11 is 0. The topological polar surface area (TPSA) is 75.6 Å². The Labute approximate surface area is 116 Å². The first-order chi connectivity index (χ1) is 9.58. The predicted octanol–water partition coefficient (Wildman–Crippen LogP) is 2.32. The zero-order valence-corrected chi connectivity index (χ0v) is 10.7. The highest BCUT2D eigenvalue weighted by Gasteiger charge is 2.31. The van der Waals surface area contributed by atoms with Gasteiger partial charge >= 0.3 is 12.3 Å². The monoisotopic (exact) mass is 309 g/mol. The van der Waals surface area contributed by atoms with Crippen molar-refractivity contribution in [3.05, 3.63) is 29.6 Å². The van der Waals surface area contributed by atoms with Crippen molar-refractivity contribution < 1.29 is 37.0 Å². The number of rotatable bonds is 5. The summed E-state index contributed by atoms with van der Waals surface area (Å²) in [6, 6.07) is 1.14. The van der Waals surface area contributed by atoms with E-state index in [2.05, 4.69) is 10.1 Å². The highest BCUT2D eigenvalue weighted by molar-refractivity contribution is 5.95. The van der Waals surface area contributed by atoms with Gasteiger partial charge in [0.1, 0.15) is 11.6 Å². The van der Waals surface area contributed by atoms with Crippen LogP contribution in [-0.4, -0.2) is 29.4 Å². The van der Waals surface area contributed by atoms with Gasteiger partial charge < -0.3 is 15.2 Å². The number of hydrogen-bond acceptors (Lipinski definition) is 3. The third-order valence-electron chi connectivity index (χ3n) is 2.27. The van der Waals surface area contributed by atoms with Crippen LogP contribution < -0.4 is 10.1 Å². The van der Waals surface area contributed by atoms with Crippen LogP contribution in [0.3, 0.4) is 0 Å². The summed E-state index contributed by atoms with van der Waals surface area (Å²) in [7, 11) is 0. The minimum Gasteiger partial charge on any atom is -0.481 e. The Bertz CT molecular complexity index is 545. The molecule has 0 spiro atoms. The molecule has 0 bridgehead atoms. The van der Waals surface area contributed by atoms with Crippen LogP contribution in [0.5, 0.6) is 5.75 Å². The maximum absolute atomic E-state index is 13.5. The smallest absolute Gasteiger partial charge is 0.481 e. The number of halogens is 4. The van der Waals surface area contributed by atoms with Crippen molar-refractivity contribution in [3.8, 4) is 5.75 Å². The molecule has 0 unspecified atom stereocenters. The summed E-state index contributed by atoms with van der Waals surface area (Å²) in [5, 5.41) is 10.7. The fraction of sp³-hybridized carbons (Fsp3) is 0.333. The van der Waals surface area contributed by atoms with E-state index in [4.69, 9.17) is 5.11 Å². The van der Waals surface area contributed by atoms with Gasteiger partial charge in [-0.05, 0) is 25.1 Å². The van der Waals surface area contributed by atoms with E-state index in [9.17, 15) is 27.2 Å². The van der Waals surface area contributed by atoms with E-state index in [1.54, 1.807) is 0 Å². The molecule has 0 aromatic heterocycles. The second-order valence-electron chi connectivity index (χ2n) is 4.16. The summed E-state index contributed by atoms with van der Waals surface area (Å²) in [6.45, 7) is 1.36. The SMILES string of the molecule is C[C@H](CC(=O)O)NC(=O)c1cc(OC(F)(F)F)ccc1F. The second kappa shape index (κ2) is 6.42. The van der Waals surface area contributed by atoms with Gasteiger partial charge in [-0.25, -0.2) is 4.39 Å². The molecule has 9 heteroatoms. The summed E-state index contributed by atoms with van der Waals surface area (Å²) in [5.74, 6) is -4.02. The Kier molecular flexibility index (Phi) is 5.12. The van der Waals surface area contributed by atoms with Gasteiger partial charge in [0.15, 0.2) is 0 Å². The van der Waals surface area contributed by atoms with Crippen molar-refractivity contribution in [2.45, 2.75) is 25.7 Å². The summed E-state index contributed by atoms with van der Waals surface area (Å²) in [5.41, 5.74) is -0.672. The van der Waals surface area contributed by atoms with Gasteiger partial charge in [-0.15, -0.1) is 13.2 Å². The zero-order chi connectivity index (χ0) is 16.2. The lowest BCUT2D eigenvalue weighted by molar-refractivity contribution is -0.274. The molecule has 0 aliphatic heterocycles. The van der Waals surface area contributed by atoms with E-state index >= 15 is 0 Å². The van der Waals surface area contributed by atoms with Gasteiger partial charge in [0, 0.05) is 6.04 Å². The van der Waals surface area contributed by atoms with Crippen molar-refractivity contribution in [1.82, 2.24) is 5.32 Å². The number of carboxylic acids is 1. The van der Waals surface area contributed by atoms with Gasteiger partial charge in [-0.3, -0.25) is 9.59 Å². The minimum atomic E-state index is -4.97. The van der Waals surface area contributed by atoms with Crippen molar-refractivity contribution in [3.63, 3.8) is 0 Å². The molecule has 2 N–H and O–H groups in total. The molecule has 0 saturated carbocycles. The molecule has 0 radical (unpaired) electrons. The van der Waals surface area contributed by atoms with E-state index in [0.29, 0.717) is 12.1 Å². The normalized spacial score (nSPS) is 12.6. The Morgan fingerprint density at radius 1 is 1.38 bits per heavy atom. The average Bonchev–Trinajstić information content (AvgIpc) is 2.28. The van der Waals surface area contributed by atoms with Crippen molar-refractivity contribution in [2.75, 3.05) is 0 Å². The molecular weight excluding hydrogens is 298 g/mol. The fourth-order valence-corrected chi connectivity index (χ4v) is 1.49. The van der Waals surface area contributed by atoms with Gasteiger partial charge in [0.2, 0.25) is 0 Å². The number of carbonyl (C=O) groups is 2. The van der Waals surface area contributed by atoms with Crippen LogP contribution >= 0.6 is 0 Å². The lowest BCUT2D eigenvalue weighted by Crippen LogP contribution is -2.34. The molecule has 0 aliphatic carbocycles. The second-order valence-corrected chi connectivity index (χ2v) is 4.16. The van der Waals surface area contributed by atoms with E-state index < -0.39 is 47.8 Å². The number of carboxylic acid groups (broad SMARTS) is 1. The van der Waals surface area contributed by atoms with Crippen LogP contribution in [0.2, 0.25) is 0 Å². The standard InChI is InChI=1S/C12H11F4NO4/c1-6(4-10(18)19)17-11(20)8-5-7(2-3-9(8)13)21-12(14,15)16/h2-3,5-6H,4H2,1H3,(H,17,20)(H,18,19)/t6-/m1/s1. The first-order valence-corrected chi connectivity index (χ1v) is 5.66. The maximum atomic E-state index is 13.5. The largest absolute Gasteiger partial charge is 0.573 e. The third kappa shape index (κ3) is 5.67. The highest BCUT2D eigenvalue weighted by atomic mass is 19.4. The molecule has 0 fully saturated rings. The molecular formula is C12H11F4NO4. The van der Waals surface area contributed by atoms with Gasteiger partial charge in [0.05, 0.1) is 12.0 Å². The van der Waals surface area contributed by atoms with Gasteiger partial charge in [0.25, 0.3) is 5.91 Å². The number of carbonyl (C=O) groups excluding carboxylic acids is 1. The maximum Gasteiger partial charge on any atom is 0.573 e. The van der Waals surface area contributed by atoms with Crippen molar-refractivity contribution >= 4 is 11.9 Å². The van der Waals surface area contributed by atoms with Gasteiger partial charge in [-0.1, -0.05) is 0 Å². The molecule has 5 nitrogen and oxygen atoms in total. The van der Waals surface area contributed by atoms with E-state index in [1.165, 1.54) is 6.92 Å². The Morgan fingerprint density at radius 3 is 2.52 bits per heavy atom. The summed E-state index contributed by atoms with van der Waals surface area (Å²) in [4.78, 5) is 22.1. The average molecular weight is 309 g/mol. The molecule has 1 atom stereocenters. The fourth-order valence-electron chi connectivity index (χ4n) is 1.49. The minimum absolute atomic E-state index is 0.411. The van der Waals surface area contributed by atoms with Crippen LogP contribution in [0.25, 0.3) is 0 Å². The van der Waals surface area contributed by atoms with Crippen molar-refractivity contribution in [2.24, 2.45) is 0 Å². The summed E-state index contributed by atoms with van der Waals surface area (Å²) in [6.07, 6.45) is -5.38. The number of ether oxygens (including phenoxy) is 1. The summed E-state index contributed by atoms with van der Waals surface area (Å²) < 4.78 is 53.2. The lowest BCUT2D eigenvalue weighted by atomic mass is 10.1. The first-order valence-electron chi connectivity index (χ1n) is 5.66. The lowest BCUT2D eigenvalue weighted by Gasteiger charge is -2.13. The van der Waals surface area contributed by atoms with Crippen LogP contribution in [0.1, 0.15) is 23.7 Å². The predicted molar refractivity (Wildman–Crippen MR) is 62.3 cm³/mol. The molecule has 0 heterocycles. The number of benzene rings is 1. The molecule has 0 aliphatic rings. The molecule has 1 aromatic rings.